The highest BCUT2D eigenvalue weighted by Crippen LogP contribution is 2.21. The second kappa shape index (κ2) is 9.15. The Balaban J connectivity index is 1.63. The zero-order valence-electron chi connectivity index (χ0n) is 15.1. The van der Waals surface area contributed by atoms with E-state index in [9.17, 15) is 0 Å². The van der Waals surface area contributed by atoms with Crippen molar-refractivity contribution in [1.29, 1.82) is 5.41 Å². The smallest absolute Gasteiger partial charge is 0.0642 e. The minimum atomic E-state index is 0.0991. The molecule has 2 N–H and O–H groups in total. The summed E-state index contributed by atoms with van der Waals surface area (Å²) in [5.41, 5.74) is 3.39. The monoisotopic (exact) mass is 350 g/mol. The first-order chi connectivity index (χ1) is 12.8. The van der Waals surface area contributed by atoms with Gasteiger partial charge >= 0.3 is 0 Å². The summed E-state index contributed by atoms with van der Waals surface area (Å²) >= 11 is 0. The number of nitrogens with zero attached hydrogens (tertiary/aromatic N) is 2. The molecule has 0 spiro atoms. The summed E-state index contributed by atoms with van der Waals surface area (Å²) in [7, 11) is 0. The summed E-state index contributed by atoms with van der Waals surface area (Å²) in [6.45, 7) is 5.46. The summed E-state index contributed by atoms with van der Waals surface area (Å²) in [4.78, 5) is 6.63. The average molecular weight is 350 g/mol. The van der Waals surface area contributed by atoms with Crippen molar-refractivity contribution >= 4 is 23.8 Å². The van der Waals surface area contributed by atoms with E-state index in [1.807, 2.05) is 25.4 Å². The van der Waals surface area contributed by atoms with E-state index in [0.29, 0.717) is 0 Å². The quantitative estimate of drug-likeness (QED) is 0.766. The van der Waals surface area contributed by atoms with Gasteiger partial charge in [-0.15, -0.1) is 0 Å². The normalized spacial score (nSPS) is 21.3. The summed E-state index contributed by atoms with van der Waals surface area (Å²) in [5, 5.41) is 10.8. The Bertz CT molecular complexity index is 729. The molecule has 0 saturated carbocycles. The number of ether oxygens (including phenoxy) is 1. The molecule has 2 atom stereocenters. The van der Waals surface area contributed by atoms with Crippen LogP contribution in [-0.2, 0) is 4.74 Å². The molecule has 2 unspecified atom stereocenters. The van der Waals surface area contributed by atoms with Crippen molar-refractivity contribution in [3.63, 3.8) is 0 Å². The average Bonchev–Trinajstić information content (AvgIpc) is 2.94. The van der Waals surface area contributed by atoms with Crippen molar-refractivity contribution < 1.29 is 4.74 Å². The van der Waals surface area contributed by atoms with Gasteiger partial charge in [-0.1, -0.05) is 25.1 Å². The molecule has 1 fully saturated rings. The standard InChI is InChI=1S/C21H26N4O/c1-17(15-22)19-6-7-23-16-18(13-19)5-8-24-20-3-2-4-21(14-20)25-9-11-26-12-10-25/h2-8,13-18,22,24H,9-12H2,1H3/b8-5+,22-15?. The number of anilines is 2. The Kier molecular flexibility index (Phi) is 6.39. The first-order valence-corrected chi connectivity index (χ1v) is 9.04. The van der Waals surface area contributed by atoms with Crippen molar-refractivity contribution in [2.24, 2.45) is 16.8 Å². The van der Waals surface area contributed by atoms with Gasteiger partial charge in [0, 0.05) is 54.9 Å². The second-order valence-electron chi connectivity index (χ2n) is 6.47. The minimum absolute atomic E-state index is 0.0991. The summed E-state index contributed by atoms with van der Waals surface area (Å²) in [6.07, 6.45) is 13.3. The van der Waals surface area contributed by atoms with Gasteiger partial charge in [-0.05, 0) is 36.0 Å². The van der Waals surface area contributed by atoms with Crippen LogP contribution < -0.4 is 10.2 Å². The van der Waals surface area contributed by atoms with Crippen LogP contribution in [0.25, 0.3) is 0 Å². The third kappa shape index (κ3) is 4.92. The van der Waals surface area contributed by atoms with Crippen LogP contribution in [0.15, 0.2) is 65.5 Å². The fourth-order valence-corrected chi connectivity index (χ4v) is 2.97. The van der Waals surface area contributed by atoms with Gasteiger partial charge in [-0.2, -0.15) is 0 Å². The van der Waals surface area contributed by atoms with Crippen LogP contribution in [0, 0.1) is 17.2 Å². The molecule has 1 aromatic rings. The van der Waals surface area contributed by atoms with E-state index in [4.69, 9.17) is 10.1 Å². The third-order valence-electron chi connectivity index (χ3n) is 4.56. The molecule has 26 heavy (non-hydrogen) atoms. The van der Waals surface area contributed by atoms with Crippen LogP contribution in [0.2, 0.25) is 0 Å². The molecule has 2 aliphatic rings. The molecule has 3 rings (SSSR count). The van der Waals surface area contributed by atoms with Crippen LogP contribution in [0.5, 0.6) is 0 Å². The highest BCUT2D eigenvalue weighted by molar-refractivity contribution is 5.70. The maximum absolute atomic E-state index is 7.45. The van der Waals surface area contributed by atoms with Crippen molar-refractivity contribution in [2.45, 2.75) is 6.92 Å². The predicted molar refractivity (Wildman–Crippen MR) is 109 cm³/mol. The zero-order chi connectivity index (χ0) is 18.2. The number of hydrogen-bond donors (Lipinski definition) is 2. The van der Waals surface area contributed by atoms with Gasteiger partial charge in [-0.3, -0.25) is 4.99 Å². The SMILES string of the molecule is CC(C=N)C1=CC(/C=C/Nc2cccc(N3CCOCC3)c2)C=NC=C1. The van der Waals surface area contributed by atoms with E-state index < -0.39 is 0 Å². The number of allylic oxidation sites excluding steroid dienone is 4. The highest BCUT2D eigenvalue weighted by atomic mass is 16.5. The number of rotatable bonds is 6. The maximum Gasteiger partial charge on any atom is 0.0642 e. The first kappa shape index (κ1) is 18.1. The Hall–Kier alpha value is -2.66. The Morgan fingerprint density at radius 3 is 3.00 bits per heavy atom. The molecule has 2 aliphatic heterocycles. The van der Waals surface area contributed by atoms with Crippen molar-refractivity contribution in [3.05, 3.63) is 60.5 Å². The van der Waals surface area contributed by atoms with E-state index in [1.54, 1.807) is 6.20 Å². The largest absolute Gasteiger partial charge is 0.378 e. The minimum Gasteiger partial charge on any atom is -0.378 e. The predicted octanol–water partition coefficient (Wildman–Crippen LogP) is 3.88. The van der Waals surface area contributed by atoms with Crippen LogP contribution in [-0.4, -0.2) is 38.7 Å². The lowest BCUT2D eigenvalue weighted by atomic mass is 9.98. The summed E-state index contributed by atoms with van der Waals surface area (Å²) in [5.74, 6) is 0.208. The van der Waals surface area contributed by atoms with E-state index in [0.717, 1.165) is 37.6 Å². The van der Waals surface area contributed by atoms with Crippen molar-refractivity contribution in [2.75, 3.05) is 36.5 Å². The molecule has 0 radical (unpaired) electrons. The van der Waals surface area contributed by atoms with Crippen LogP contribution >= 0.6 is 0 Å². The lowest BCUT2D eigenvalue weighted by Gasteiger charge is -2.29. The van der Waals surface area contributed by atoms with Gasteiger partial charge in [0.15, 0.2) is 0 Å². The first-order valence-electron chi connectivity index (χ1n) is 9.04. The molecule has 5 nitrogen and oxygen atoms in total. The molecular weight excluding hydrogens is 324 g/mol. The summed E-state index contributed by atoms with van der Waals surface area (Å²) in [6, 6.07) is 8.44. The number of nitrogens with one attached hydrogen (secondary N) is 2. The van der Waals surface area contributed by atoms with E-state index in [-0.39, 0.29) is 11.8 Å². The molecule has 2 heterocycles. The molecular formula is C21H26N4O. The number of aliphatic imine (C=N–C) groups is 1. The Morgan fingerprint density at radius 1 is 1.35 bits per heavy atom. The van der Waals surface area contributed by atoms with Crippen molar-refractivity contribution in [3.8, 4) is 0 Å². The second-order valence-corrected chi connectivity index (χ2v) is 6.47. The lowest BCUT2D eigenvalue weighted by Crippen LogP contribution is -2.36. The third-order valence-corrected chi connectivity index (χ3v) is 4.56. The molecule has 0 aliphatic carbocycles. The maximum atomic E-state index is 7.45. The van der Waals surface area contributed by atoms with E-state index in [1.165, 1.54) is 11.9 Å². The molecule has 0 amide bonds. The van der Waals surface area contributed by atoms with Gasteiger partial charge < -0.3 is 20.4 Å². The zero-order valence-corrected chi connectivity index (χ0v) is 15.1. The van der Waals surface area contributed by atoms with Crippen LogP contribution in [0.1, 0.15) is 6.92 Å². The van der Waals surface area contributed by atoms with Gasteiger partial charge in [0.2, 0.25) is 0 Å². The van der Waals surface area contributed by atoms with Gasteiger partial charge in [0.1, 0.15) is 0 Å². The fourth-order valence-electron chi connectivity index (χ4n) is 2.97. The van der Waals surface area contributed by atoms with Crippen molar-refractivity contribution in [1.82, 2.24) is 0 Å². The molecule has 0 aromatic heterocycles. The van der Waals surface area contributed by atoms with Crippen LogP contribution in [0.4, 0.5) is 11.4 Å². The Morgan fingerprint density at radius 2 is 2.19 bits per heavy atom. The van der Waals surface area contributed by atoms with E-state index in [2.05, 4.69) is 51.6 Å². The number of benzene rings is 1. The molecule has 136 valence electrons. The molecule has 1 saturated heterocycles. The topological polar surface area (TPSA) is 60.7 Å². The van der Waals surface area contributed by atoms with E-state index >= 15 is 0 Å². The van der Waals surface area contributed by atoms with Gasteiger partial charge in [-0.25, -0.2) is 0 Å². The molecule has 5 heteroatoms. The lowest BCUT2D eigenvalue weighted by molar-refractivity contribution is 0.122. The molecule has 1 aromatic carbocycles. The Labute approximate surface area is 155 Å². The summed E-state index contributed by atoms with van der Waals surface area (Å²) < 4.78 is 5.42. The number of morpholine rings is 1. The van der Waals surface area contributed by atoms with Gasteiger partial charge in [0.25, 0.3) is 0 Å². The van der Waals surface area contributed by atoms with Gasteiger partial charge in [0.05, 0.1) is 13.2 Å². The fraction of sp³-hybridized carbons (Fsp3) is 0.333. The number of hydrogen-bond acceptors (Lipinski definition) is 5. The highest BCUT2D eigenvalue weighted by Gasteiger charge is 2.11. The van der Waals surface area contributed by atoms with Crippen LogP contribution in [0.3, 0.4) is 0 Å². The molecule has 0 bridgehead atoms.